The molecule has 1 rings (SSSR count). The van der Waals surface area contributed by atoms with Gasteiger partial charge in [-0.2, -0.15) is 0 Å². The first-order chi connectivity index (χ1) is 14.0. The lowest BCUT2D eigenvalue weighted by molar-refractivity contribution is 0.182. The Morgan fingerprint density at radius 1 is 1.17 bits per heavy atom. The Kier molecular flexibility index (Phi) is 15.7. The maximum absolute atomic E-state index is 10.7. The monoisotopic (exact) mass is 536 g/mol. The van der Waals surface area contributed by atoms with Gasteiger partial charge in [-0.25, -0.2) is 0 Å². The predicted octanol–water partition coefficient (Wildman–Crippen LogP) is 3.42. The van der Waals surface area contributed by atoms with Crippen LogP contribution in [0.25, 0.3) is 0 Å². The Labute approximate surface area is 199 Å². The van der Waals surface area contributed by atoms with E-state index in [1.54, 1.807) is 26.4 Å². The molecule has 30 heavy (non-hydrogen) atoms. The molecule has 8 heteroatoms. The predicted molar refractivity (Wildman–Crippen MR) is 136 cm³/mol. The van der Waals surface area contributed by atoms with Crippen LogP contribution < -0.4 is 20.1 Å². The summed E-state index contributed by atoms with van der Waals surface area (Å²) in [5.41, 5.74) is 0.665. The van der Waals surface area contributed by atoms with Gasteiger partial charge in [-0.1, -0.05) is 13.8 Å². The lowest BCUT2D eigenvalue weighted by Crippen LogP contribution is -2.42. The minimum Gasteiger partial charge on any atom is -0.497 e. The third kappa shape index (κ3) is 10.2. The topological polar surface area (TPSA) is 78.4 Å². The summed E-state index contributed by atoms with van der Waals surface area (Å²) in [6.45, 7) is 12.9. The number of hydrogen-bond donors (Lipinski definition) is 3. The molecule has 0 radical (unpaired) electrons. The van der Waals surface area contributed by atoms with Crippen LogP contribution in [0.3, 0.4) is 0 Å². The van der Waals surface area contributed by atoms with Gasteiger partial charge in [-0.05, 0) is 64.5 Å². The van der Waals surface area contributed by atoms with E-state index in [2.05, 4.69) is 41.3 Å². The van der Waals surface area contributed by atoms with Crippen LogP contribution in [0, 0.1) is 0 Å². The zero-order chi connectivity index (χ0) is 21.6. The maximum Gasteiger partial charge on any atom is 0.191 e. The number of halogens is 1. The van der Waals surface area contributed by atoms with Crippen molar-refractivity contribution in [2.75, 3.05) is 46.9 Å². The van der Waals surface area contributed by atoms with E-state index in [4.69, 9.17) is 9.47 Å². The van der Waals surface area contributed by atoms with Crippen LogP contribution in [0.2, 0.25) is 0 Å². The van der Waals surface area contributed by atoms with Crippen molar-refractivity contribution >= 4 is 29.9 Å². The molecule has 0 amide bonds. The standard InChI is InChI=1S/C22H40N4O3.HI/c1-7-23-22(25-17(4)11-10-14-26(8-2)9-3)24-16-20(27)19-15-18(28-5)12-13-21(19)29-6;/h12-13,15,17,20,27H,7-11,14,16H2,1-6H3,(H2,23,24,25);1H. The Morgan fingerprint density at radius 2 is 1.87 bits per heavy atom. The highest BCUT2D eigenvalue weighted by molar-refractivity contribution is 14.0. The third-order valence-corrected chi connectivity index (χ3v) is 4.95. The minimum atomic E-state index is -0.784. The number of aliphatic hydroxyl groups is 1. The number of aliphatic hydroxyl groups excluding tert-OH is 1. The zero-order valence-electron chi connectivity index (χ0n) is 19.4. The second-order valence-corrected chi connectivity index (χ2v) is 7.06. The Hall–Kier alpha value is -1.26. The number of nitrogens with one attached hydrogen (secondary N) is 2. The van der Waals surface area contributed by atoms with E-state index in [-0.39, 0.29) is 30.5 Å². The largest absolute Gasteiger partial charge is 0.497 e. The third-order valence-electron chi connectivity index (χ3n) is 4.95. The second kappa shape index (κ2) is 16.4. The van der Waals surface area contributed by atoms with Crippen LogP contribution in [-0.2, 0) is 0 Å². The number of benzene rings is 1. The summed E-state index contributed by atoms with van der Waals surface area (Å²) in [7, 11) is 3.19. The fourth-order valence-corrected chi connectivity index (χ4v) is 3.16. The molecule has 1 aromatic rings. The summed E-state index contributed by atoms with van der Waals surface area (Å²) in [5, 5.41) is 17.4. The van der Waals surface area contributed by atoms with E-state index >= 15 is 0 Å². The van der Waals surface area contributed by atoms with E-state index < -0.39 is 6.10 Å². The summed E-state index contributed by atoms with van der Waals surface area (Å²) >= 11 is 0. The molecule has 2 unspecified atom stereocenters. The van der Waals surface area contributed by atoms with Crippen molar-refractivity contribution in [3.63, 3.8) is 0 Å². The molecule has 0 aliphatic rings. The van der Waals surface area contributed by atoms with Gasteiger partial charge >= 0.3 is 0 Å². The highest BCUT2D eigenvalue weighted by Gasteiger charge is 2.15. The van der Waals surface area contributed by atoms with Crippen molar-refractivity contribution in [1.82, 2.24) is 15.5 Å². The average Bonchev–Trinajstić information content (AvgIpc) is 2.74. The van der Waals surface area contributed by atoms with Gasteiger partial charge in [0.15, 0.2) is 5.96 Å². The number of guanidine groups is 1. The number of ether oxygens (including phenoxy) is 2. The molecule has 2 atom stereocenters. The molecular weight excluding hydrogens is 495 g/mol. The van der Waals surface area contributed by atoms with Crippen molar-refractivity contribution in [2.24, 2.45) is 4.99 Å². The van der Waals surface area contributed by atoms with Crippen LogP contribution >= 0.6 is 24.0 Å². The first-order valence-corrected chi connectivity index (χ1v) is 10.7. The fraction of sp³-hybridized carbons (Fsp3) is 0.682. The van der Waals surface area contributed by atoms with Gasteiger partial charge in [0, 0.05) is 18.2 Å². The molecule has 0 aromatic heterocycles. The fourth-order valence-electron chi connectivity index (χ4n) is 3.16. The Balaban J connectivity index is 0.00000841. The number of rotatable bonds is 13. The Morgan fingerprint density at radius 3 is 2.43 bits per heavy atom. The number of nitrogens with zero attached hydrogens (tertiary/aromatic N) is 2. The summed E-state index contributed by atoms with van der Waals surface area (Å²) in [6.07, 6.45) is 1.42. The first kappa shape index (κ1) is 28.7. The summed E-state index contributed by atoms with van der Waals surface area (Å²) < 4.78 is 10.6. The van der Waals surface area contributed by atoms with Gasteiger partial charge < -0.3 is 30.1 Å². The molecule has 1 aromatic carbocycles. The first-order valence-electron chi connectivity index (χ1n) is 10.7. The van der Waals surface area contributed by atoms with Crippen LogP contribution in [0.15, 0.2) is 23.2 Å². The maximum atomic E-state index is 10.7. The Bertz CT molecular complexity index is 612. The zero-order valence-corrected chi connectivity index (χ0v) is 21.7. The molecular formula is C22H41IN4O3. The lowest BCUT2D eigenvalue weighted by Gasteiger charge is -2.21. The quantitative estimate of drug-likeness (QED) is 0.204. The van der Waals surface area contributed by atoms with Crippen LogP contribution in [-0.4, -0.2) is 69.0 Å². The van der Waals surface area contributed by atoms with Crippen molar-refractivity contribution in [3.05, 3.63) is 23.8 Å². The van der Waals surface area contributed by atoms with Crippen molar-refractivity contribution in [3.8, 4) is 11.5 Å². The van der Waals surface area contributed by atoms with Gasteiger partial charge in [-0.3, -0.25) is 4.99 Å². The van der Waals surface area contributed by atoms with Crippen LogP contribution in [0.5, 0.6) is 11.5 Å². The lowest BCUT2D eigenvalue weighted by atomic mass is 10.1. The SMILES string of the molecule is CCNC(=NCC(O)c1cc(OC)ccc1OC)NC(C)CCCN(CC)CC.I. The van der Waals surface area contributed by atoms with Crippen molar-refractivity contribution in [2.45, 2.75) is 52.7 Å². The number of aliphatic imine (C=N–C) groups is 1. The summed E-state index contributed by atoms with van der Waals surface area (Å²) in [4.78, 5) is 7.01. The molecule has 174 valence electrons. The second-order valence-electron chi connectivity index (χ2n) is 7.06. The molecule has 7 nitrogen and oxygen atoms in total. The molecule has 0 saturated carbocycles. The molecule has 0 heterocycles. The van der Waals surface area contributed by atoms with Crippen LogP contribution in [0.1, 0.15) is 52.2 Å². The molecule has 0 fully saturated rings. The highest BCUT2D eigenvalue weighted by atomic mass is 127. The van der Waals surface area contributed by atoms with E-state index in [0.29, 0.717) is 29.1 Å². The summed E-state index contributed by atoms with van der Waals surface area (Å²) in [5.74, 6) is 2.01. The molecule has 0 bridgehead atoms. The molecule has 0 aliphatic carbocycles. The van der Waals surface area contributed by atoms with Gasteiger partial charge in [0.1, 0.15) is 17.6 Å². The normalized spacial score (nSPS) is 13.4. The highest BCUT2D eigenvalue weighted by Crippen LogP contribution is 2.29. The molecule has 3 N–H and O–H groups in total. The van der Waals surface area contributed by atoms with E-state index in [1.165, 1.54) is 0 Å². The van der Waals surface area contributed by atoms with Crippen molar-refractivity contribution in [1.29, 1.82) is 0 Å². The molecule has 0 spiro atoms. The van der Waals surface area contributed by atoms with Crippen molar-refractivity contribution < 1.29 is 14.6 Å². The van der Waals surface area contributed by atoms with Gasteiger partial charge in [0.25, 0.3) is 0 Å². The van der Waals surface area contributed by atoms with E-state index in [9.17, 15) is 5.11 Å². The van der Waals surface area contributed by atoms with Crippen LogP contribution in [0.4, 0.5) is 0 Å². The van der Waals surface area contributed by atoms with E-state index in [0.717, 1.165) is 39.0 Å². The van der Waals surface area contributed by atoms with Gasteiger partial charge in [0.2, 0.25) is 0 Å². The molecule has 0 saturated heterocycles. The minimum absolute atomic E-state index is 0. The summed E-state index contributed by atoms with van der Waals surface area (Å²) in [6, 6.07) is 5.69. The van der Waals surface area contributed by atoms with E-state index in [1.807, 2.05) is 13.0 Å². The van der Waals surface area contributed by atoms with Gasteiger partial charge in [0.05, 0.1) is 20.8 Å². The van der Waals surface area contributed by atoms with Gasteiger partial charge in [-0.15, -0.1) is 24.0 Å². The molecule has 0 aliphatic heterocycles. The number of methoxy groups -OCH3 is 2. The smallest absolute Gasteiger partial charge is 0.191 e. The average molecular weight is 536 g/mol. The number of hydrogen-bond acceptors (Lipinski definition) is 5.